The number of fused-ring (bicyclic) bond motifs is 1. The van der Waals surface area contributed by atoms with Crippen LogP contribution in [0.3, 0.4) is 0 Å². The Kier molecular flexibility index (Phi) is 4.92. The number of nitrogens with one attached hydrogen (secondary N) is 1. The van der Waals surface area contributed by atoms with E-state index in [-0.39, 0.29) is 29.0 Å². The van der Waals surface area contributed by atoms with Gasteiger partial charge in [0.05, 0.1) is 29.1 Å². The van der Waals surface area contributed by atoms with Crippen molar-refractivity contribution < 1.29 is 13.6 Å². The molecule has 1 atom stereocenters. The number of nitrogens with zero attached hydrogens (tertiary/aromatic N) is 2. The Morgan fingerprint density at radius 1 is 1.12 bits per heavy atom. The lowest BCUT2D eigenvalue weighted by molar-refractivity contribution is -0.133. The monoisotopic (exact) mass is 435 g/mol. The molecule has 1 unspecified atom stereocenters. The molecule has 7 heteroatoms. The Labute approximate surface area is 184 Å². The Balaban J connectivity index is 1.40. The number of halogens is 2. The summed E-state index contributed by atoms with van der Waals surface area (Å²) < 4.78 is 27.2. The Morgan fingerprint density at radius 3 is 2.47 bits per heavy atom. The molecule has 1 N–H and O–H groups in total. The van der Waals surface area contributed by atoms with E-state index in [1.165, 1.54) is 12.1 Å². The van der Waals surface area contributed by atoms with Crippen LogP contribution in [0.5, 0.6) is 0 Å². The predicted molar refractivity (Wildman–Crippen MR) is 115 cm³/mol. The minimum atomic E-state index is -0.721. The van der Waals surface area contributed by atoms with Gasteiger partial charge in [0.2, 0.25) is 5.91 Å². The van der Waals surface area contributed by atoms with Crippen LogP contribution in [0, 0.1) is 11.6 Å². The third kappa shape index (κ3) is 3.51. The molecule has 1 aromatic heterocycles. The molecular formula is C25H23F2N3O2. The van der Waals surface area contributed by atoms with E-state index in [4.69, 9.17) is 4.98 Å². The molecule has 5 nitrogen and oxygen atoms in total. The van der Waals surface area contributed by atoms with Gasteiger partial charge in [-0.25, -0.2) is 13.8 Å². The van der Waals surface area contributed by atoms with Gasteiger partial charge in [-0.3, -0.25) is 9.59 Å². The maximum absolute atomic E-state index is 13.6. The molecule has 0 radical (unpaired) electrons. The summed E-state index contributed by atoms with van der Waals surface area (Å²) in [6.07, 6.45) is 2.34. The van der Waals surface area contributed by atoms with Crippen LogP contribution in [0.15, 0.2) is 53.3 Å². The molecule has 1 aliphatic heterocycles. The maximum Gasteiger partial charge on any atom is 0.256 e. The standard InChI is InChI=1S/C25H23F2N3O2/c1-15(16-11-18(26)13-19(27)12-16)23(32)30-10-7-21-20(14-30)22(31)29-24(28-21)25(8-9-25)17-5-3-2-4-6-17/h2-6,11-13,15H,7-10,14H2,1H3,(H,28,29,31). The number of hydrogen-bond donors (Lipinski definition) is 1. The number of rotatable bonds is 4. The highest BCUT2D eigenvalue weighted by atomic mass is 19.1. The zero-order valence-electron chi connectivity index (χ0n) is 17.7. The molecule has 5 rings (SSSR count). The van der Waals surface area contributed by atoms with Crippen LogP contribution in [0.2, 0.25) is 0 Å². The zero-order valence-corrected chi connectivity index (χ0v) is 17.7. The SMILES string of the molecule is CC(C(=O)N1CCc2nc(C3(c4ccccc4)CC3)[nH]c(=O)c2C1)c1cc(F)cc(F)c1. The van der Waals surface area contributed by atoms with Gasteiger partial charge >= 0.3 is 0 Å². The molecular weight excluding hydrogens is 412 g/mol. The van der Waals surface area contributed by atoms with Gasteiger partial charge in [-0.15, -0.1) is 0 Å². The number of amides is 1. The van der Waals surface area contributed by atoms with Crippen LogP contribution in [0.4, 0.5) is 8.78 Å². The fourth-order valence-electron chi connectivity index (χ4n) is 4.63. The van der Waals surface area contributed by atoms with E-state index in [1.807, 2.05) is 18.2 Å². The van der Waals surface area contributed by atoms with Crippen LogP contribution in [-0.4, -0.2) is 27.3 Å². The van der Waals surface area contributed by atoms with Crippen molar-refractivity contribution in [3.63, 3.8) is 0 Å². The maximum atomic E-state index is 13.6. The predicted octanol–water partition coefficient (Wildman–Crippen LogP) is 3.82. The molecule has 32 heavy (non-hydrogen) atoms. The first-order valence-corrected chi connectivity index (χ1v) is 10.8. The Bertz CT molecular complexity index is 1230. The number of carbonyl (C=O) groups excluding carboxylic acids is 1. The summed E-state index contributed by atoms with van der Waals surface area (Å²) >= 11 is 0. The summed E-state index contributed by atoms with van der Waals surface area (Å²) in [5.74, 6) is -1.74. The largest absolute Gasteiger partial charge is 0.337 e. The molecule has 0 spiro atoms. The van der Waals surface area contributed by atoms with Crippen molar-refractivity contribution in [1.82, 2.24) is 14.9 Å². The first kappa shape index (κ1) is 20.5. The first-order valence-electron chi connectivity index (χ1n) is 10.8. The molecule has 2 heterocycles. The Hall–Kier alpha value is -3.35. The molecule has 1 fully saturated rings. The number of benzene rings is 2. The van der Waals surface area contributed by atoms with Crippen LogP contribution in [0.1, 0.15) is 53.9 Å². The van der Waals surface area contributed by atoms with Gasteiger partial charge in [0.15, 0.2) is 0 Å². The fourth-order valence-corrected chi connectivity index (χ4v) is 4.63. The summed E-state index contributed by atoms with van der Waals surface area (Å²) in [7, 11) is 0. The molecule has 0 saturated heterocycles. The van der Waals surface area contributed by atoms with Crippen LogP contribution in [0.25, 0.3) is 0 Å². The van der Waals surface area contributed by atoms with Crippen molar-refractivity contribution in [1.29, 1.82) is 0 Å². The average Bonchev–Trinajstić information content (AvgIpc) is 3.60. The van der Waals surface area contributed by atoms with E-state index in [0.717, 1.165) is 30.2 Å². The minimum Gasteiger partial charge on any atom is -0.337 e. The third-order valence-electron chi connectivity index (χ3n) is 6.67. The summed E-state index contributed by atoms with van der Waals surface area (Å²) in [4.78, 5) is 35.3. The van der Waals surface area contributed by atoms with E-state index in [0.29, 0.717) is 24.4 Å². The third-order valence-corrected chi connectivity index (χ3v) is 6.67. The number of aromatic amines is 1. The molecule has 1 saturated carbocycles. The van der Waals surface area contributed by atoms with Gasteiger partial charge in [-0.1, -0.05) is 30.3 Å². The van der Waals surface area contributed by atoms with Crippen molar-refractivity contribution in [2.75, 3.05) is 6.54 Å². The van der Waals surface area contributed by atoms with Crippen molar-refractivity contribution in [2.24, 2.45) is 0 Å². The quantitative estimate of drug-likeness (QED) is 0.678. The molecule has 3 aromatic rings. The van der Waals surface area contributed by atoms with Crippen LogP contribution >= 0.6 is 0 Å². The molecule has 0 bridgehead atoms. The van der Waals surface area contributed by atoms with Crippen molar-refractivity contribution in [3.05, 3.63) is 98.7 Å². The lowest BCUT2D eigenvalue weighted by Crippen LogP contribution is -2.42. The molecule has 1 aliphatic carbocycles. The van der Waals surface area contributed by atoms with Gasteiger partial charge in [0, 0.05) is 19.0 Å². The number of aromatic nitrogens is 2. The summed E-state index contributed by atoms with van der Waals surface area (Å²) in [5, 5.41) is 0. The summed E-state index contributed by atoms with van der Waals surface area (Å²) in [6, 6.07) is 13.2. The fraction of sp³-hybridized carbons (Fsp3) is 0.320. The summed E-state index contributed by atoms with van der Waals surface area (Å²) in [5.41, 5.74) is 2.16. The molecule has 2 aliphatic rings. The van der Waals surface area contributed by atoms with Crippen molar-refractivity contribution in [2.45, 2.75) is 44.1 Å². The second-order valence-electron chi connectivity index (χ2n) is 8.72. The highest BCUT2D eigenvalue weighted by Gasteiger charge is 2.48. The van der Waals surface area contributed by atoms with E-state index in [2.05, 4.69) is 17.1 Å². The van der Waals surface area contributed by atoms with Gasteiger partial charge < -0.3 is 9.88 Å². The average molecular weight is 435 g/mol. The smallest absolute Gasteiger partial charge is 0.256 e. The lowest BCUT2D eigenvalue weighted by atomic mass is 9.94. The highest BCUT2D eigenvalue weighted by Crippen LogP contribution is 2.51. The van der Waals surface area contributed by atoms with E-state index in [1.54, 1.807) is 11.8 Å². The number of hydrogen-bond acceptors (Lipinski definition) is 3. The van der Waals surface area contributed by atoms with Crippen LogP contribution < -0.4 is 5.56 Å². The molecule has 1 amide bonds. The second kappa shape index (κ2) is 7.65. The molecule has 2 aromatic carbocycles. The topological polar surface area (TPSA) is 66.1 Å². The molecule has 164 valence electrons. The number of H-pyrrole nitrogens is 1. The van der Waals surface area contributed by atoms with Crippen LogP contribution in [-0.2, 0) is 23.2 Å². The normalized spacial score (nSPS) is 17.5. The lowest BCUT2D eigenvalue weighted by Gasteiger charge is -2.30. The van der Waals surface area contributed by atoms with E-state index in [9.17, 15) is 18.4 Å². The zero-order chi connectivity index (χ0) is 22.5. The minimum absolute atomic E-state index is 0.136. The highest BCUT2D eigenvalue weighted by molar-refractivity contribution is 5.83. The van der Waals surface area contributed by atoms with Gasteiger partial charge in [-0.05, 0) is 43.0 Å². The first-order chi connectivity index (χ1) is 15.4. The Morgan fingerprint density at radius 2 is 1.81 bits per heavy atom. The number of carbonyl (C=O) groups is 1. The summed E-state index contributed by atoms with van der Waals surface area (Å²) in [6.45, 7) is 2.16. The van der Waals surface area contributed by atoms with Gasteiger partial charge in [0.25, 0.3) is 5.56 Å². The van der Waals surface area contributed by atoms with E-state index < -0.39 is 17.6 Å². The van der Waals surface area contributed by atoms with Crippen molar-refractivity contribution >= 4 is 5.91 Å². The van der Waals surface area contributed by atoms with Crippen molar-refractivity contribution in [3.8, 4) is 0 Å². The van der Waals surface area contributed by atoms with Gasteiger partial charge in [0.1, 0.15) is 17.5 Å². The van der Waals surface area contributed by atoms with E-state index >= 15 is 0 Å². The van der Waals surface area contributed by atoms with Gasteiger partial charge in [-0.2, -0.15) is 0 Å². The second-order valence-corrected chi connectivity index (χ2v) is 8.72.